The van der Waals surface area contributed by atoms with Crippen molar-refractivity contribution in [3.8, 4) is 0 Å². The molecule has 5 heteroatoms. The molecule has 1 amide bonds. The third-order valence-electron chi connectivity index (χ3n) is 4.95. The van der Waals surface area contributed by atoms with Gasteiger partial charge in [0.1, 0.15) is 0 Å². The summed E-state index contributed by atoms with van der Waals surface area (Å²) in [7, 11) is 2.02. The van der Waals surface area contributed by atoms with E-state index in [-0.39, 0.29) is 5.91 Å². The first-order chi connectivity index (χ1) is 12.6. The minimum Gasteiger partial charge on any atom is -0.370 e. The largest absolute Gasteiger partial charge is 0.370 e. The molecular formula is C21H26ClN3O. The van der Waals surface area contributed by atoms with Gasteiger partial charge in [0.05, 0.1) is 0 Å². The molecule has 2 aromatic carbocycles. The second-order valence-electron chi connectivity index (χ2n) is 6.90. The van der Waals surface area contributed by atoms with E-state index in [0.29, 0.717) is 11.5 Å². The molecule has 4 nitrogen and oxygen atoms in total. The standard InChI is InChI=1S/C21H26ClN3O/c1-25(15-18-4-2-3-5-20(18)22)19-8-6-17(7-9-19)21(26)24-14-16-10-12-23-13-11-16/h2-9,16,23H,10-15H2,1H3,(H,24,26). The second kappa shape index (κ2) is 9.06. The number of hydrogen-bond acceptors (Lipinski definition) is 3. The Morgan fingerprint density at radius 1 is 1.15 bits per heavy atom. The molecule has 0 atom stereocenters. The van der Waals surface area contributed by atoms with E-state index in [4.69, 9.17) is 11.6 Å². The van der Waals surface area contributed by atoms with Crippen LogP contribution in [0, 0.1) is 5.92 Å². The van der Waals surface area contributed by atoms with Gasteiger partial charge in [0, 0.05) is 36.4 Å². The van der Waals surface area contributed by atoms with Crippen LogP contribution >= 0.6 is 11.6 Å². The van der Waals surface area contributed by atoms with Gasteiger partial charge in [0.25, 0.3) is 5.91 Å². The van der Waals surface area contributed by atoms with Gasteiger partial charge in [-0.3, -0.25) is 4.79 Å². The second-order valence-corrected chi connectivity index (χ2v) is 7.30. The van der Waals surface area contributed by atoms with Crippen LogP contribution in [0.25, 0.3) is 0 Å². The van der Waals surface area contributed by atoms with E-state index in [1.807, 2.05) is 55.6 Å². The average molecular weight is 372 g/mol. The number of piperidine rings is 1. The van der Waals surface area contributed by atoms with Crippen molar-refractivity contribution in [2.45, 2.75) is 19.4 Å². The quantitative estimate of drug-likeness (QED) is 0.813. The van der Waals surface area contributed by atoms with Crippen molar-refractivity contribution in [2.75, 3.05) is 31.6 Å². The molecule has 138 valence electrons. The molecule has 0 spiro atoms. The van der Waals surface area contributed by atoms with Gasteiger partial charge in [-0.15, -0.1) is 0 Å². The minimum atomic E-state index is 0.00356. The molecule has 1 aliphatic heterocycles. The first-order valence-electron chi connectivity index (χ1n) is 9.17. The molecule has 1 heterocycles. The monoisotopic (exact) mass is 371 g/mol. The lowest BCUT2D eigenvalue weighted by molar-refractivity contribution is 0.0944. The maximum absolute atomic E-state index is 12.3. The molecule has 1 aliphatic rings. The maximum Gasteiger partial charge on any atom is 0.251 e. The van der Waals surface area contributed by atoms with E-state index in [0.717, 1.165) is 55.3 Å². The molecule has 0 aliphatic carbocycles. The Bertz CT molecular complexity index is 726. The molecule has 3 rings (SSSR count). The SMILES string of the molecule is CN(Cc1ccccc1Cl)c1ccc(C(=O)NCC2CCNCC2)cc1. The van der Waals surface area contributed by atoms with Crippen LogP contribution in [0.4, 0.5) is 5.69 Å². The van der Waals surface area contributed by atoms with Crippen LogP contribution in [0.5, 0.6) is 0 Å². The van der Waals surface area contributed by atoms with E-state index in [1.165, 1.54) is 0 Å². The number of carbonyl (C=O) groups excluding carboxylic acids is 1. The summed E-state index contributed by atoms with van der Waals surface area (Å²) >= 11 is 6.24. The molecule has 2 N–H and O–H groups in total. The lowest BCUT2D eigenvalue weighted by atomic mass is 9.98. The van der Waals surface area contributed by atoms with E-state index in [2.05, 4.69) is 15.5 Å². The number of hydrogen-bond donors (Lipinski definition) is 2. The highest BCUT2D eigenvalue weighted by molar-refractivity contribution is 6.31. The molecule has 0 radical (unpaired) electrons. The molecule has 0 aromatic heterocycles. The Balaban J connectivity index is 1.55. The summed E-state index contributed by atoms with van der Waals surface area (Å²) < 4.78 is 0. The van der Waals surface area contributed by atoms with Gasteiger partial charge >= 0.3 is 0 Å². The van der Waals surface area contributed by atoms with E-state index in [9.17, 15) is 4.79 Å². The number of nitrogens with one attached hydrogen (secondary N) is 2. The summed E-state index contributed by atoms with van der Waals surface area (Å²) in [6, 6.07) is 15.6. The highest BCUT2D eigenvalue weighted by Gasteiger charge is 2.14. The highest BCUT2D eigenvalue weighted by Crippen LogP contribution is 2.21. The fourth-order valence-corrected chi connectivity index (χ4v) is 3.46. The molecule has 1 saturated heterocycles. The molecule has 26 heavy (non-hydrogen) atoms. The van der Waals surface area contributed by atoms with Crippen molar-refractivity contribution < 1.29 is 4.79 Å². The number of nitrogens with zero attached hydrogens (tertiary/aromatic N) is 1. The first kappa shape index (κ1) is 18.7. The van der Waals surface area contributed by atoms with Crippen LogP contribution in [-0.4, -0.2) is 32.6 Å². The lowest BCUT2D eigenvalue weighted by Gasteiger charge is -2.23. The fraction of sp³-hybridized carbons (Fsp3) is 0.381. The number of benzene rings is 2. The van der Waals surface area contributed by atoms with E-state index >= 15 is 0 Å². The van der Waals surface area contributed by atoms with Crippen molar-refractivity contribution in [3.05, 3.63) is 64.7 Å². The predicted octanol–water partition coefficient (Wildman–Crippen LogP) is 3.71. The molecule has 0 saturated carbocycles. The van der Waals surface area contributed by atoms with Gasteiger partial charge < -0.3 is 15.5 Å². The summed E-state index contributed by atoms with van der Waals surface area (Å²) in [6.07, 6.45) is 2.26. The first-order valence-corrected chi connectivity index (χ1v) is 9.55. The summed E-state index contributed by atoms with van der Waals surface area (Å²) in [4.78, 5) is 14.5. The Hall–Kier alpha value is -2.04. The minimum absolute atomic E-state index is 0.00356. The van der Waals surface area contributed by atoms with Gasteiger partial charge in [-0.05, 0) is 67.7 Å². The van der Waals surface area contributed by atoms with Crippen LogP contribution in [0.1, 0.15) is 28.8 Å². The van der Waals surface area contributed by atoms with Crippen molar-refractivity contribution in [3.63, 3.8) is 0 Å². The summed E-state index contributed by atoms with van der Waals surface area (Å²) in [6.45, 7) is 3.58. The summed E-state index contributed by atoms with van der Waals surface area (Å²) in [5.74, 6) is 0.588. The Morgan fingerprint density at radius 3 is 2.54 bits per heavy atom. The van der Waals surface area contributed by atoms with Crippen molar-refractivity contribution >= 4 is 23.2 Å². The van der Waals surface area contributed by atoms with Gasteiger partial charge in [0.15, 0.2) is 0 Å². The predicted molar refractivity (Wildman–Crippen MR) is 108 cm³/mol. The number of halogens is 1. The Labute approximate surface area is 160 Å². The lowest BCUT2D eigenvalue weighted by Crippen LogP contribution is -2.35. The summed E-state index contributed by atoms with van der Waals surface area (Å²) in [5.41, 5.74) is 2.84. The molecule has 0 unspecified atom stereocenters. The van der Waals surface area contributed by atoms with Crippen molar-refractivity contribution in [2.24, 2.45) is 5.92 Å². The topological polar surface area (TPSA) is 44.4 Å². The zero-order valence-electron chi connectivity index (χ0n) is 15.2. The van der Waals surface area contributed by atoms with Crippen LogP contribution in [-0.2, 0) is 6.54 Å². The third kappa shape index (κ3) is 4.99. The molecular weight excluding hydrogens is 346 g/mol. The van der Waals surface area contributed by atoms with Crippen LogP contribution in [0.2, 0.25) is 5.02 Å². The van der Waals surface area contributed by atoms with Crippen molar-refractivity contribution in [1.82, 2.24) is 10.6 Å². The van der Waals surface area contributed by atoms with Gasteiger partial charge in [-0.1, -0.05) is 29.8 Å². The van der Waals surface area contributed by atoms with Gasteiger partial charge in [-0.25, -0.2) is 0 Å². The number of anilines is 1. The molecule has 1 fully saturated rings. The Kier molecular flexibility index (Phi) is 6.53. The van der Waals surface area contributed by atoms with Gasteiger partial charge in [-0.2, -0.15) is 0 Å². The van der Waals surface area contributed by atoms with Gasteiger partial charge in [0.2, 0.25) is 0 Å². The maximum atomic E-state index is 12.3. The van der Waals surface area contributed by atoms with Crippen LogP contribution < -0.4 is 15.5 Å². The number of amides is 1. The van der Waals surface area contributed by atoms with Crippen molar-refractivity contribution in [1.29, 1.82) is 0 Å². The van der Waals surface area contributed by atoms with Crippen LogP contribution in [0.3, 0.4) is 0 Å². The number of carbonyl (C=O) groups is 1. The zero-order chi connectivity index (χ0) is 18.4. The highest BCUT2D eigenvalue weighted by atomic mass is 35.5. The Morgan fingerprint density at radius 2 is 1.85 bits per heavy atom. The third-order valence-corrected chi connectivity index (χ3v) is 5.31. The van der Waals surface area contributed by atoms with E-state index in [1.54, 1.807) is 0 Å². The van der Waals surface area contributed by atoms with E-state index < -0.39 is 0 Å². The average Bonchev–Trinajstić information content (AvgIpc) is 2.69. The smallest absolute Gasteiger partial charge is 0.251 e. The zero-order valence-corrected chi connectivity index (χ0v) is 15.9. The molecule has 0 bridgehead atoms. The molecule has 2 aromatic rings. The summed E-state index contributed by atoms with van der Waals surface area (Å²) in [5, 5.41) is 7.18. The fourth-order valence-electron chi connectivity index (χ4n) is 3.27. The number of rotatable bonds is 6. The van der Waals surface area contributed by atoms with Crippen LogP contribution in [0.15, 0.2) is 48.5 Å². The normalized spacial score (nSPS) is 14.8.